The Kier molecular flexibility index (Phi) is 3.74. The number of carbonyl (C=O) groups is 1. The van der Waals surface area contributed by atoms with Gasteiger partial charge in [-0.3, -0.25) is 4.79 Å². The highest BCUT2D eigenvalue weighted by Crippen LogP contribution is 2.14. The van der Waals surface area contributed by atoms with Gasteiger partial charge in [0.1, 0.15) is 12.9 Å². The SMILES string of the molecule is O=C(Cn1nc2c3ccccc3ncn2c1=O)NCc1ccccc1. The molecule has 0 atom stereocenters. The maximum atomic E-state index is 12.4. The summed E-state index contributed by atoms with van der Waals surface area (Å²) in [7, 11) is 0. The molecule has 0 aliphatic carbocycles. The first-order chi connectivity index (χ1) is 12.2. The Balaban J connectivity index is 1.59. The van der Waals surface area contributed by atoms with Crippen LogP contribution < -0.4 is 11.0 Å². The van der Waals surface area contributed by atoms with Crippen LogP contribution in [-0.4, -0.2) is 25.1 Å². The number of rotatable bonds is 4. The molecule has 0 aliphatic heterocycles. The topological polar surface area (TPSA) is 81.3 Å². The van der Waals surface area contributed by atoms with E-state index in [2.05, 4.69) is 15.4 Å². The summed E-state index contributed by atoms with van der Waals surface area (Å²) in [4.78, 5) is 28.8. The summed E-state index contributed by atoms with van der Waals surface area (Å²) in [6, 6.07) is 17.0. The van der Waals surface area contributed by atoms with Crippen LogP contribution in [0.4, 0.5) is 0 Å². The summed E-state index contributed by atoms with van der Waals surface area (Å²) in [6.45, 7) is 0.272. The highest BCUT2D eigenvalue weighted by molar-refractivity contribution is 5.90. The number of carbonyl (C=O) groups excluding carboxylic acids is 1. The average molecular weight is 333 g/mol. The van der Waals surface area contributed by atoms with Crippen molar-refractivity contribution in [1.82, 2.24) is 24.5 Å². The minimum Gasteiger partial charge on any atom is -0.350 e. The van der Waals surface area contributed by atoms with Crippen LogP contribution in [0, 0.1) is 0 Å². The van der Waals surface area contributed by atoms with Crippen molar-refractivity contribution in [2.75, 3.05) is 0 Å². The van der Waals surface area contributed by atoms with Crippen LogP contribution in [0.2, 0.25) is 0 Å². The van der Waals surface area contributed by atoms with Gasteiger partial charge in [0.25, 0.3) is 0 Å². The van der Waals surface area contributed by atoms with Crippen LogP contribution in [0.15, 0.2) is 65.7 Å². The summed E-state index contributed by atoms with van der Waals surface area (Å²) < 4.78 is 2.51. The van der Waals surface area contributed by atoms with Crippen molar-refractivity contribution in [3.8, 4) is 0 Å². The Morgan fingerprint density at radius 3 is 2.64 bits per heavy atom. The van der Waals surface area contributed by atoms with Crippen molar-refractivity contribution in [2.45, 2.75) is 13.1 Å². The molecule has 0 spiro atoms. The van der Waals surface area contributed by atoms with Gasteiger partial charge in [0, 0.05) is 11.9 Å². The van der Waals surface area contributed by atoms with Gasteiger partial charge in [0.05, 0.1) is 5.52 Å². The highest BCUT2D eigenvalue weighted by atomic mass is 16.2. The second-order valence-electron chi connectivity index (χ2n) is 5.66. The Morgan fingerprint density at radius 2 is 1.80 bits per heavy atom. The molecule has 2 aromatic heterocycles. The van der Waals surface area contributed by atoms with Crippen LogP contribution in [0.25, 0.3) is 16.6 Å². The van der Waals surface area contributed by atoms with E-state index in [1.54, 1.807) is 0 Å². The van der Waals surface area contributed by atoms with Crippen molar-refractivity contribution in [3.63, 3.8) is 0 Å². The molecular weight excluding hydrogens is 318 g/mol. The molecule has 0 radical (unpaired) electrons. The van der Waals surface area contributed by atoms with E-state index in [9.17, 15) is 9.59 Å². The molecule has 0 unspecified atom stereocenters. The van der Waals surface area contributed by atoms with Gasteiger partial charge in [-0.05, 0) is 17.7 Å². The van der Waals surface area contributed by atoms with Crippen molar-refractivity contribution >= 4 is 22.5 Å². The van der Waals surface area contributed by atoms with E-state index in [-0.39, 0.29) is 18.1 Å². The first-order valence-corrected chi connectivity index (χ1v) is 7.86. The van der Waals surface area contributed by atoms with Gasteiger partial charge >= 0.3 is 5.69 Å². The highest BCUT2D eigenvalue weighted by Gasteiger charge is 2.13. The largest absolute Gasteiger partial charge is 0.352 e. The lowest BCUT2D eigenvalue weighted by molar-refractivity contribution is -0.122. The number of fused-ring (bicyclic) bond motifs is 3. The Labute approximate surface area is 142 Å². The third-order valence-corrected chi connectivity index (χ3v) is 3.95. The fourth-order valence-corrected chi connectivity index (χ4v) is 2.69. The zero-order valence-corrected chi connectivity index (χ0v) is 13.3. The van der Waals surface area contributed by atoms with Crippen molar-refractivity contribution in [1.29, 1.82) is 0 Å². The van der Waals surface area contributed by atoms with Gasteiger partial charge in [-0.2, -0.15) is 0 Å². The van der Waals surface area contributed by atoms with Crippen LogP contribution in [0.3, 0.4) is 0 Å². The summed E-state index contributed by atoms with van der Waals surface area (Å²) >= 11 is 0. The van der Waals surface area contributed by atoms with E-state index in [0.29, 0.717) is 12.2 Å². The van der Waals surface area contributed by atoms with E-state index in [1.165, 1.54) is 10.7 Å². The van der Waals surface area contributed by atoms with E-state index in [4.69, 9.17) is 0 Å². The molecule has 0 fully saturated rings. The molecule has 0 saturated carbocycles. The zero-order chi connectivity index (χ0) is 17.2. The minimum absolute atomic E-state index is 0.137. The predicted octanol–water partition coefficient (Wildman–Crippen LogP) is 1.36. The normalized spacial score (nSPS) is 11.0. The maximum absolute atomic E-state index is 12.4. The Bertz CT molecular complexity index is 1110. The van der Waals surface area contributed by atoms with E-state index in [0.717, 1.165) is 21.1 Å². The lowest BCUT2D eigenvalue weighted by Crippen LogP contribution is -2.32. The smallest absolute Gasteiger partial charge is 0.350 e. The van der Waals surface area contributed by atoms with Crippen LogP contribution in [0.5, 0.6) is 0 Å². The lowest BCUT2D eigenvalue weighted by atomic mass is 10.2. The fourth-order valence-electron chi connectivity index (χ4n) is 2.69. The molecule has 0 aliphatic rings. The summed E-state index contributed by atoms with van der Waals surface area (Å²) in [5.74, 6) is -0.272. The number of aromatic nitrogens is 4. The van der Waals surface area contributed by atoms with E-state index in [1.807, 2.05) is 54.6 Å². The molecule has 7 nitrogen and oxygen atoms in total. The molecule has 2 heterocycles. The molecule has 0 saturated heterocycles. The summed E-state index contributed by atoms with van der Waals surface area (Å²) in [6.07, 6.45) is 1.44. The number of nitrogens with zero attached hydrogens (tertiary/aromatic N) is 4. The molecule has 4 aromatic rings. The molecule has 25 heavy (non-hydrogen) atoms. The first kappa shape index (κ1) is 15.1. The Hall–Kier alpha value is -3.48. The third kappa shape index (κ3) is 2.87. The van der Waals surface area contributed by atoms with Gasteiger partial charge in [-0.25, -0.2) is 18.9 Å². The van der Waals surface area contributed by atoms with E-state index >= 15 is 0 Å². The zero-order valence-electron chi connectivity index (χ0n) is 13.3. The monoisotopic (exact) mass is 333 g/mol. The molecule has 0 bridgehead atoms. The standard InChI is InChI=1S/C18H15N5O2/c24-16(19-10-13-6-2-1-3-7-13)11-23-18(25)22-12-20-15-9-5-4-8-14(15)17(22)21-23/h1-9,12H,10-11H2,(H,19,24). The number of hydrogen-bond acceptors (Lipinski definition) is 4. The van der Waals surface area contributed by atoms with Crippen molar-refractivity contribution in [2.24, 2.45) is 0 Å². The number of nitrogens with one attached hydrogen (secondary N) is 1. The molecule has 4 rings (SSSR count). The molecule has 2 aromatic carbocycles. The molecule has 1 N–H and O–H groups in total. The summed E-state index contributed by atoms with van der Waals surface area (Å²) in [5, 5.41) is 7.86. The summed E-state index contributed by atoms with van der Waals surface area (Å²) in [5.41, 5.74) is 1.85. The number of para-hydroxylation sites is 1. The molecule has 1 amide bonds. The van der Waals surface area contributed by atoms with Crippen LogP contribution >= 0.6 is 0 Å². The molecular formula is C18H15N5O2. The van der Waals surface area contributed by atoms with Gasteiger partial charge in [-0.15, -0.1) is 5.10 Å². The average Bonchev–Trinajstić information content (AvgIpc) is 2.97. The van der Waals surface area contributed by atoms with Gasteiger partial charge in [0.15, 0.2) is 5.65 Å². The number of hydrogen-bond donors (Lipinski definition) is 1. The maximum Gasteiger partial charge on any atom is 0.352 e. The second-order valence-corrected chi connectivity index (χ2v) is 5.66. The Morgan fingerprint density at radius 1 is 1.04 bits per heavy atom. The van der Waals surface area contributed by atoms with Crippen LogP contribution in [0.1, 0.15) is 5.56 Å². The van der Waals surface area contributed by atoms with Crippen molar-refractivity contribution < 1.29 is 4.79 Å². The third-order valence-electron chi connectivity index (χ3n) is 3.95. The van der Waals surface area contributed by atoms with Crippen molar-refractivity contribution in [3.05, 3.63) is 77.0 Å². The quantitative estimate of drug-likeness (QED) is 0.611. The van der Waals surface area contributed by atoms with Gasteiger partial charge in [0.2, 0.25) is 5.91 Å². The van der Waals surface area contributed by atoms with Gasteiger partial charge in [-0.1, -0.05) is 42.5 Å². The fraction of sp³-hybridized carbons (Fsp3) is 0.111. The molecule has 124 valence electrons. The van der Waals surface area contributed by atoms with E-state index < -0.39 is 0 Å². The first-order valence-electron chi connectivity index (χ1n) is 7.86. The van der Waals surface area contributed by atoms with Gasteiger partial charge < -0.3 is 5.32 Å². The van der Waals surface area contributed by atoms with Crippen LogP contribution in [-0.2, 0) is 17.9 Å². The number of amides is 1. The lowest BCUT2D eigenvalue weighted by Gasteiger charge is -2.04. The minimum atomic E-state index is -0.386. The second kappa shape index (κ2) is 6.20. The predicted molar refractivity (Wildman–Crippen MR) is 93.0 cm³/mol. The number of benzene rings is 2. The molecule has 7 heteroatoms.